The Morgan fingerprint density at radius 1 is 1.33 bits per heavy atom. The molecular formula is C17H26N6O. The van der Waals surface area contributed by atoms with E-state index in [1.54, 1.807) is 24.7 Å². The van der Waals surface area contributed by atoms with Gasteiger partial charge in [-0.3, -0.25) is 10.3 Å². The quantitative estimate of drug-likeness (QED) is 0.368. The number of anilines is 1. The van der Waals surface area contributed by atoms with Gasteiger partial charge < -0.3 is 15.8 Å². The lowest BCUT2D eigenvalue weighted by Crippen LogP contribution is -2.67. The number of ether oxygens (including phenoxy) is 1. The van der Waals surface area contributed by atoms with Crippen LogP contribution in [0.4, 0.5) is 5.69 Å². The summed E-state index contributed by atoms with van der Waals surface area (Å²) >= 11 is 0. The molecule has 6 N–H and O–H groups in total. The second-order valence-electron chi connectivity index (χ2n) is 6.52. The van der Waals surface area contributed by atoms with Gasteiger partial charge in [0.25, 0.3) is 0 Å². The van der Waals surface area contributed by atoms with Gasteiger partial charge in [0.1, 0.15) is 5.75 Å². The maximum Gasteiger partial charge on any atom is 0.245 e. The highest BCUT2D eigenvalue weighted by Gasteiger charge is 2.42. The molecule has 2 aliphatic rings. The van der Waals surface area contributed by atoms with Gasteiger partial charge in [0.2, 0.25) is 5.79 Å². The van der Waals surface area contributed by atoms with Crippen LogP contribution in [0.3, 0.4) is 0 Å². The van der Waals surface area contributed by atoms with Gasteiger partial charge in [-0.15, -0.1) is 0 Å². The molecule has 1 saturated carbocycles. The topological polar surface area (TPSA) is 101 Å². The molecule has 7 heteroatoms. The van der Waals surface area contributed by atoms with E-state index in [0.717, 1.165) is 24.3 Å². The van der Waals surface area contributed by atoms with Crippen LogP contribution in [-0.2, 0) is 0 Å². The Labute approximate surface area is 142 Å². The van der Waals surface area contributed by atoms with Gasteiger partial charge >= 0.3 is 0 Å². The number of hydrogen-bond acceptors (Lipinski definition) is 7. The molecule has 1 aliphatic carbocycles. The first kappa shape index (κ1) is 16.6. The van der Waals surface area contributed by atoms with Gasteiger partial charge in [-0.05, 0) is 49.4 Å². The predicted octanol–water partition coefficient (Wildman–Crippen LogP) is 1.24. The maximum atomic E-state index is 6.47. The molecule has 0 aromatic heterocycles. The zero-order chi connectivity index (χ0) is 17.2. The molecule has 130 valence electrons. The molecule has 1 aromatic carbocycles. The molecule has 0 saturated heterocycles. The Bertz CT molecular complexity index is 628. The first-order chi connectivity index (χ1) is 11.5. The van der Waals surface area contributed by atoms with Crippen LogP contribution >= 0.6 is 0 Å². The number of hydrazine groups is 1. The lowest BCUT2D eigenvalue weighted by molar-refractivity contribution is 0.316. The number of nitrogens with two attached hydrogens (primary N) is 2. The van der Waals surface area contributed by atoms with E-state index < -0.39 is 5.79 Å². The zero-order valence-electron chi connectivity index (χ0n) is 14.2. The van der Waals surface area contributed by atoms with Gasteiger partial charge in [0.15, 0.2) is 0 Å². The van der Waals surface area contributed by atoms with E-state index in [9.17, 15) is 0 Å². The average Bonchev–Trinajstić information content (AvgIpc) is 3.01. The van der Waals surface area contributed by atoms with E-state index >= 15 is 0 Å². The van der Waals surface area contributed by atoms with Crippen LogP contribution in [0.5, 0.6) is 5.75 Å². The first-order valence-corrected chi connectivity index (χ1v) is 8.27. The SMILES string of the molecule is COc1ccc(N(N)C2(NC3CCC(C)C3)N=CNC=C2N)cc1. The van der Waals surface area contributed by atoms with Crippen LogP contribution in [0.25, 0.3) is 0 Å². The maximum absolute atomic E-state index is 6.47. The average molecular weight is 330 g/mol. The van der Waals surface area contributed by atoms with E-state index in [1.807, 2.05) is 24.3 Å². The van der Waals surface area contributed by atoms with Crippen molar-refractivity contribution in [2.45, 2.75) is 38.0 Å². The second kappa shape index (κ2) is 6.70. The highest BCUT2D eigenvalue weighted by atomic mass is 16.5. The van der Waals surface area contributed by atoms with Crippen LogP contribution in [0, 0.1) is 5.92 Å². The van der Waals surface area contributed by atoms with Gasteiger partial charge in [0, 0.05) is 12.2 Å². The van der Waals surface area contributed by atoms with Gasteiger partial charge in [-0.1, -0.05) is 6.92 Å². The summed E-state index contributed by atoms with van der Waals surface area (Å²) in [5.41, 5.74) is 7.62. The third kappa shape index (κ3) is 3.05. The van der Waals surface area contributed by atoms with Gasteiger partial charge in [0.05, 0.1) is 24.8 Å². The molecule has 0 bridgehead atoms. The molecule has 7 nitrogen and oxygen atoms in total. The summed E-state index contributed by atoms with van der Waals surface area (Å²) in [4.78, 5) is 4.58. The second-order valence-corrected chi connectivity index (χ2v) is 6.52. The van der Waals surface area contributed by atoms with E-state index in [4.69, 9.17) is 16.3 Å². The Morgan fingerprint density at radius 2 is 2.08 bits per heavy atom. The number of methoxy groups -OCH3 is 1. The summed E-state index contributed by atoms with van der Waals surface area (Å²) in [6, 6.07) is 7.84. The van der Waals surface area contributed by atoms with Crippen molar-refractivity contribution in [1.82, 2.24) is 10.6 Å². The number of nitrogens with one attached hydrogen (secondary N) is 2. The summed E-state index contributed by atoms with van der Waals surface area (Å²) in [5.74, 6) is 6.95. The van der Waals surface area contributed by atoms with Crippen molar-refractivity contribution in [3.05, 3.63) is 36.2 Å². The summed E-state index contributed by atoms with van der Waals surface area (Å²) in [7, 11) is 1.64. The summed E-state index contributed by atoms with van der Waals surface area (Å²) in [6.45, 7) is 2.27. The largest absolute Gasteiger partial charge is 0.497 e. The van der Waals surface area contributed by atoms with Crippen molar-refractivity contribution in [1.29, 1.82) is 0 Å². The molecule has 0 amide bonds. The molecule has 3 atom stereocenters. The molecule has 24 heavy (non-hydrogen) atoms. The monoisotopic (exact) mass is 330 g/mol. The predicted molar refractivity (Wildman–Crippen MR) is 96.2 cm³/mol. The van der Waals surface area contributed by atoms with Crippen LogP contribution in [-0.4, -0.2) is 25.3 Å². The lowest BCUT2D eigenvalue weighted by Gasteiger charge is -2.42. The van der Waals surface area contributed by atoms with Crippen molar-refractivity contribution in [3.8, 4) is 5.75 Å². The molecule has 3 rings (SSSR count). The zero-order valence-corrected chi connectivity index (χ0v) is 14.2. The van der Waals surface area contributed by atoms with Crippen LogP contribution in [0.1, 0.15) is 26.2 Å². The smallest absolute Gasteiger partial charge is 0.245 e. The lowest BCUT2D eigenvalue weighted by atomic mass is 10.1. The van der Waals surface area contributed by atoms with Crippen LogP contribution in [0.2, 0.25) is 0 Å². The fourth-order valence-corrected chi connectivity index (χ4v) is 3.38. The summed E-state index contributed by atoms with van der Waals surface area (Å²) < 4.78 is 5.21. The van der Waals surface area contributed by atoms with Crippen molar-refractivity contribution < 1.29 is 4.74 Å². The fraction of sp³-hybridized carbons (Fsp3) is 0.471. The van der Waals surface area contributed by atoms with Crippen molar-refractivity contribution in [3.63, 3.8) is 0 Å². The molecule has 0 radical (unpaired) electrons. The number of nitrogens with zero attached hydrogens (tertiary/aromatic N) is 2. The number of benzene rings is 1. The molecule has 0 spiro atoms. The van der Waals surface area contributed by atoms with E-state index in [1.165, 1.54) is 6.42 Å². The Kier molecular flexibility index (Phi) is 4.64. The minimum Gasteiger partial charge on any atom is -0.497 e. The third-order valence-electron chi connectivity index (χ3n) is 4.77. The van der Waals surface area contributed by atoms with Crippen molar-refractivity contribution >= 4 is 12.0 Å². The van der Waals surface area contributed by atoms with E-state index in [0.29, 0.717) is 17.7 Å². The highest BCUT2D eigenvalue weighted by Crippen LogP contribution is 2.31. The van der Waals surface area contributed by atoms with Crippen molar-refractivity contribution in [2.75, 3.05) is 12.1 Å². The molecule has 1 aromatic rings. The number of hydrogen-bond donors (Lipinski definition) is 4. The molecular weight excluding hydrogens is 304 g/mol. The third-order valence-corrected chi connectivity index (χ3v) is 4.77. The van der Waals surface area contributed by atoms with E-state index in [-0.39, 0.29) is 0 Å². The van der Waals surface area contributed by atoms with Gasteiger partial charge in [-0.25, -0.2) is 10.8 Å². The normalized spacial score (nSPS) is 29.0. The highest BCUT2D eigenvalue weighted by molar-refractivity contribution is 5.63. The number of aliphatic imine (C=N–C) groups is 1. The molecule has 1 heterocycles. The van der Waals surface area contributed by atoms with Crippen molar-refractivity contribution in [2.24, 2.45) is 22.5 Å². The first-order valence-electron chi connectivity index (χ1n) is 8.27. The fourth-order valence-electron chi connectivity index (χ4n) is 3.38. The molecule has 1 fully saturated rings. The Morgan fingerprint density at radius 3 is 2.67 bits per heavy atom. The van der Waals surface area contributed by atoms with Crippen LogP contribution < -0.4 is 32.0 Å². The Hall–Kier alpha value is -2.25. The number of rotatable bonds is 5. The summed E-state index contributed by atoms with van der Waals surface area (Å²) in [5, 5.41) is 8.09. The summed E-state index contributed by atoms with van der Waals surface area (Å²) in [6.07, 6.45) is 6.73. The van der Waals surface area contributed by atoms with Crippen LogP contribution in [0.15, 0.2) is 41.2 Å². The molecule has 1 aliphatic heterocycles. The Balaban J connectivity index is 1.90. The minimum atomic E-state index is -0.992. The van der Waals surface area contributed by atoms with Gasteiger partial charge in [-0.2, -0.15) is 0 Å². The minimum absolute atomic E-state index is 0.325. The standard InChI is InChI=1S/C17H26N6O/c1-12-3-4-13(9-12)22-17(16(18)10-20-11-21-17)23(19)14-5-7-15(24-2)8-6-14/h5-8,10-13,22H,3-4,9,18-19H2,1-2H3,(H,20,21). The van der Waals surface area contributed by atoms with E-state index in [2.05, 4.69) is 22.5 Å². The molecule has 3 unspecified atom stereocenters.